The Labute approximate surface area is 148 Å². The summed E-state index contributed by atoms with van der Waals surface area (Å²) in [7, 11) is 0. The Bertz CT molecular complexity index is 870. The zero-order chi connectivity index (χ0) is 17.2. The van der Waals surface area contributed by atoms with E-state index >= 15 is 0 Å². The molecule has 1 aromatic carbocycles. The monoisotopic (exact) mass is 335 g/mol. The van der Waals surface area contributed by atoms with Crippen LogP contribution < -0.4 is 0 Å². The van der Waals surface area contributed by atoms with Gasteiger partial charge in [-0.1, -0.05) is 30.3 Å². The maximum absolute atomic E-state index is 9.36. The Morgan fingerprint density at radius 3 is 2.92 bits per heavy atom. The molecule has 4 heteroatoms. The van der Waals surface area contributed by atoms with Crippen LogP contribution in [0.2, 0.25) is 0 Å². The van der Waals surface area contributed by atoms with Gasteiger partial charge >= 0.3 is 0 Å². The number of aliphatic hydroxyl groups is 1. The molecule has 0 radical (unpaired) electrons. The molecule has 2 aromatic heterocycles. The van der Waals surface area contributed by atoms with Crippen molar-refractivity contribution in [1.29, 1.82) is 0 Å². The number of imidazole rings is 1. The number of rotatable bonds is 6. The molecule has 1 aliphatic carbocycles. The number of aryl methyl sites for hydroxylation is 2. The van der Waals surface area contributed by atoms with E-state index in [0.29, 0.717) is 6.04 Å². The minimum Gasteiger partial charge on any atom is -0.396 e. The molecule has 4 rings (SSSR count). The number of benzene rings is 1. The van der Waals surface area contributed by atoms with E-state index < -0.39 is 0 Å². The van der Waals surface area contributed by atoms with E-state index in [1.54, 1.807) is 0 Å². The number of hydrogen-bond donors (Lipinski definition) is 1. The van der Waals surface area contributed by atoms with Crippen LogP contribution in [0.3, 0.4) is 0 Å². The van der Waals surface area contributed by atoms with Gasteiger partial charge in [-0.25, -0.2) is 4.98 Å². The van der Waals surface area contributed by atoms with Crippen molar-refractivity contribution in [2.24, 2.45) is 0 Å². The van der Waals surface area contributed by atoms with Gasteiger partial charge < -0.3 is 9.51 Å². The Morgan fingerprint density at radius 2 is 2.04 bits per heavy atom. The molecular formula is C21H25N3O. The second kappa shape index (κ2) is 6.98. The fourth-order valence-electron chi connectivity index (χ4n) is 4.08. The van der Waals surface area contributed by atoms with Crippen LogP contribution in [0.25, 0.3) is 5.65 Å². The fraction of sp³-hybridized carbons (Fsp3) is 0.381. The van der Waals surface area contributed by atoms with E-state index in [1.165, 1.54) is 16.8 Å². The summed E-state index contributed by atoms with van der Waals surface area (Å²) in [4.78, 5) is 7.22. The normalized spacial score (nSPS) is 16.7. The van der Waals surface area contributed by atoms with Crippen molar-refractivity contribution < 1.29 is 5.11 Å². The molecule has 2 heterocycles. The SMILES string of the molecule is Cc1nc2ccccn2c1CN(CCCO)C1CCc2ccccc21. The van der Waals surface area contributed by atoms with Gasteiger partial charge in [-0.3, -0.25) is 4.90 Å². The summed E-state index contributed by atoms with van der Waals surface area (Å²) in [5.41, 5.74) is 6.26. The standard InChI is InChI=1S/C21H25N3O/c1-16-20(24-13-5-4-9-21(24)22-16)15-23(12-6-14-25)19-11-10-17-7-2-3-8-18(17)19/h2-5,7-9,13,19,25H,6,10-12,14-15H2,1H3. The number of pyridine rings is 1. The first-order valence-corrected chi connectivity index (χ1v) is 9.13. The van der Waals surface area contributed by atoms with Crippen LogP contribution >= 0.6 is 0 Å². The first-order valence-electron chi connectivity index (χ1n) is 9.13. The summed E-state index contributed by atoms with van der Waals surface area (Å²) >= 11 is 0. The number of hydrogen-bond acceptors (Lipinski definition) is 3. The molecule has 0 amide bonds. The van der Waals surface area contributed by atoms with Crippen LogP contribution in [0.15, 0.2) is 48.7 Å². The smallest absolute Gasteiger partial charge is 0.137 e. The summed E-state index contributed by atoms with van der Waals surface area (Å²) in [6, 6.07) is 15.4. The summed E-state index contributed by atoms with van der Waals surface area (Å²) in [6.45, 7) is 4.08. The van der Waals surface area contributed by atoms with Crippen LogP contribution in [-0.2, 0) is 13.0 Å². The fourth-order valence-corrected chi connectivity index (χ4v) is 4.08. The Kier molecular flexibility index (Phi) is 4.55. The van der Waals surface area contributed by atoms with E-state index in [0.717, 1.165) is 43.7 Å². The molecule has 1 N–H and O–H groups in total. The highest BCUT2D eigenvalue weighted by atomic mass is 16.3. The van der Waals surface area contributed by atoms with E-state index in [9.17, 15) is 5.11 Å². The average Bonchev–Trinajstić information content (AvgIpc) is 3.20. The minimum absolute atomic E-state index is 0.233. The van der Waals surface area contributed by atoms with Crippen molar-refractivity contribution in [1.82, 2.24) is 14.3 Å². The van der Waals surface area contributed by atoms with Gasteiger partial charge in [-0.2, -0.15) is 0 Å². The molecule has 0 saturated heterocycles. The molecule has 1 aliphatic rings. The van der Waals surface area contributed by atoms with Gasteiger partial charge in [0.25, 0.3) is 0 Å². The first-order chi connectivity index (χ1) is 12.3. The third kappa shape index (κ3) is 3.08. The predicted octanol–water partition coefficient (Wildman–Crippen LogP) is 3.51. The zero-order valence-corrected chi connectivity index (χ0v) is 14.7. The molecular weight excluding hydrogens is 310 g/mol. The predicted molar refractivity (Wildman–Crippen MR) is 99.5 cm³/mol. The lowest BCUT2D eigenvalue weighted by Crippen LogP contribution is -2.29. The van der Waals surface area contributed by atoms with Gasteiger partial charge in [0.2, 0.25) is 0 Å². The van der Waals surface area contributed by atoms with Gasteiger partial charge in [0.05, 0.1) is 11.4 Å². The van der Waals surface area contributed by atoms with Gasteiger partial charge in [0, 0.05) is 31.9 Å². The largest absolute Gasteiger partial charge is 0.396 e. The van der Waals surface area contributed by atoms with Gasteiger partial charge in [-0.15, -0.1) is 0 Å². The third-order valence-corrected chi connectivity index (χ3v) is 5.33. The molecule has 1 atom stereocenters. The van der Waals surface area contributed by atoms with E-state index in [2.05, 4.69) is 58.8 Å². The molecule has 0 spiro atoms. The maximum atomic E-state index is 9.36. The number of fused-ring (bicyclic) bond motifs is 2. The Hall–Kier alpha value is -2.17. The zero-order valence-electron chi connectivity index (χ0n) is 14.7. The van der Waals surface area contributed by atoms with Crippen molar-refractivity contribution in [3.05, 3.63) is 71.2 Å². The molecule has 0 saturated carbocycles. The van der Waals surface area contributed by atoms with Crippen molar-refractivity contribution in [3.8, 4) is 0 Å². The van der Waals surface area contributed by atoms with Crippen LogP contribution in [0.4, 0.5) is 0 Å². The Morgan fingerprint density at radius 1 is 1.20 bits per heavy atom. The van der Waals surface area contributed by atoms with Crippen LogP contribution in [-0.4, -0.2) is 32.5 Å². The van der Waals surface area contributed by atoms with Gasteiger partial charge in [-0.05, 0) is 49.4 Å². The summed E-state index contributed by atoms with van der Waals surface area (Å²) in [6.07, 6.45) is 5.19. The quantitative estimate of drug-likeness (QED) is 0.749. The summed E-state index contributed by atoms with van der Waals surface area (Å²) < 4.78 is 2.20. The third-order valence-electron chi connectivity index (χ3n) is 5.33. The first kappa shape index (κ1) is 16.3. The highest BCUT2D eigenvalue weighted by Crippen LogP contribution is 2.36. The minimum atomic E-state index is 0.233. The topological polar surface area (TPSA) is 40.8 Å². The maximum Gasteiger partial charge on any atom is 0.137 e. The highest BCUT2D eigenvalue weighted by Gasteiger charge is 2.28. The second-order valence-corrected chi connectivity index (χ2v) is 6.87. The second-order valence-electron chi connectivity index (χ2n) is 6.87. The molecule has 25 heavy (non-hydrogen) atoms. The molecule has 130 valence electrons. The average molecular weight is 335 g/mol. The lowest BCUT2D eigenvalue weighted by Gasteiger charge is -2.29. The molecule has 1 unspecified atom stereocenters. The molecule has 0 aliphatic heterocycles. The van der Waals surface area contributed by atoms with Crippen LogP contribution in [0.1, 0.15) is 41.4 Å². The van der Waals surface area contributed by atoms with Crippen molar-refractivity contribution in [2.75, 3.05) is 13.2 Å². The van der Waals surface area contributed by atoms with Gasteiger partial charge in [0.1, 0.15) is 5.65 Å². The molecule has 0 fully saturated rings. The van der Waals surface area contributed by atoms with E-state index in [-0.39, 0.29) is 6.61 Å². The molecule has 4 nitrogen and oxygen atoms in total. The van der Waals surface area contributed by atoms with Gasteiger partial charge in [0.15, 0.2) is 0 Å². The number of aromatic nitrogens is 2. The number of nitrogens with zero attached hydrogens (tertiary/aromatic N) is 3. The van der Waals surface area contributed by atoms with Crippen molar-refractivity contribution in [2.45, 2.75) is 38.8 Å². The summed E-state index contributed by atoms with van der Waals surface area (Å²) in [5, 5.41) is 9.36. The van der Waals surface area contributed by atoms with Crippen LogP contribution in [0, 0.1) is 6.92 Å². The van der Waals surface area contributed by atoms with Crippen molar-refractivity contribution in [3.63, 3.8) is 0 Å². The van der Waals surface area contributed by atoms with E-state index in [4.69, 9.17) is 4.98 Å². The van der Waals surface area contributed by atoms with Crippen LogP contribution in [0.5, 0.6) is 0 Å². The molecule has 0 bridgehead atoms. The lowest BCUT2D eigenvalue weighted by molar-refractivity contribution is 0.163. The Balaban J connectivity index is 1.67. The lowest BCUT2D eigenvalue weighted by atomic mass is 10.1. The van der Waals surface area contributed by atoms with E-state index in [1.807, 2.05) is 6.07 Å². The van der Waals surface area contributed by atoms with Crippen molar-refractivity contribution >= 4 is 5.65 Å². The summed E-state index contributed by atoms with van der Waals surface area (Å²) in [5.74, 6) is 0. The number of aliphatic hydroxyl groups excluding tert-OH is 1. The highest BCUT2D eigenvalue weighted by molar-refractivity contribution is 5.43. The molecule has 3 aromatic rings.